The lowest BCUT2D eigenvalue weighted by Crippen LogP contribution is -2.34. The molecule has 2 fully saturated rings. The third-order valence-electron chi connectivity index (χ3n) is 5.02. The Kier molecular flexibility index (Phi) is 5.06. The number of amides is 1. The van der Waals surface area contributed by atoms with E-state index in [0.717, 1.165) is 24.7 Å². The Morgan fingerprint density at radius 3 is 2.68 bits per heavy atom. The van der Waals surface area contributed by atoms with Gasteiger partial charge in [-0.05, 0) is 17.5 Å². The molecule has 3 atom stereocenters. The minimum absolute atomic E-state index is 0. The second-order valence-electron chi connectivity index (χ2n) is 6.40. The lowest BCUT2D eigenvalue weighted by Gasteiger charge is -2.27. The molecule has 1 aromatic heterocycles. The molecule has 0 bridgehead atoms. The van der Waals surface area contributed by atoms with E-state index in [2.05, 4.69) is 15.5 Å². The number of likely N-dealkylation sites (tertiary alicyclic amines) is 1. The van der Waals surface area contributed by atoms with Crippen molar-refractivity contribution in [3.63, 3.8) is 0 Å². The van der Waals surface area contributed by atoms with Crippen LogP contribution in [0, 0.1) is 11.8 Å². The summed E-state index contributed by atoms with van der Waals surface area (Å²) < 4.78 is 25.5. The van der Waals surface area contributed by atoms with Gasteiger partial charge in [-0.1, -0.05) is 30.3 Å². The fraction of sp³-hybridized carbons (Fsp3) is 0.412. The number of carbonyl (C=O) groups is 1. The molecular weight excluding hydrogens is 350 g/mol. The van der Waals surface area contributed by atoms with Crippen LogP contribution in [0.2, 0.25) is 0 Å². The zero-order valence-electron chi connectivity index (χ0n) is 13.4. The van der Waals surface area contributed by atoms with Gasteiger partial charge in [-0.2, -0.15) is 5.10 Å². The van der Waals surface area contributed by atoms with Gasteiger partial charge >= 0.3 is 0 Å². The smallest absolute Gasteiger partial charge is 0.279 e. The van der Waals surface area contributed by atoms with Gasteiger partial charge in [0.05, 0.1) is 6.04 Å². The van der Waals surface area contributed by atoms with Crippen molar-refractivity contribution in [3.8, 4) is 0 Å². The molecule has 2 saturated heterocycles. The number of alkyl halides is 2. The molecule has 5 nitrogen and oxygen atoms in total. The highest BCUT2D eigenvalue weighted by Gasteiger charge is 2.47. The number of nitrogens with one attached hydrogen (secondary N) is 2. The minimum Gasteiger partial charge on any atom is -0.330 e. The number of hydrogen-bond acceptors (Lipinski definition) is 3. The van der Waals surface area contributed by atoms with E-state index in [9.17, 15) is 13.6 Å². The molecule has 2 aromatic rings. The average Bonchev–Trinajstić information content (AvgIpc) is 3.30. The lowest BCUT2D eigenvalue weighted by molar-refractivity contribution is 0.0708. The molecule has 0 spiro atoms. The predicted octanol–water partition coefficient (Wildman–Crippen LogP) is 2.80. The first-order chi connectivity index (χ1) is 11.6. The molecule has 2 aliphatic heterocycles. The maximum absolute atomic E-state index is 12.9. The fourth-order valence-electron chi connectivity index (χ4n) is 3.91. The number of H-pyrrole nitrogens is 1. The van der Waals surface area contributed by atoms with Crippen molar-refractivity contribution in [1.29, 1.82) is 0 Å². The molecule has 0 aliphatic carbocycles. The van der Waals surface area contributed by atoms with Crippen molar-refractivity contribution in [3.05, 3.63) is 53.3 Å². The summed E-state index contributed by atoms with van der Waals surface area (Å²) in [6.07, 6.45) is -2.66. The van der Waals surface area contributed by atoms with E-state index in [1.54, 1.807) is 4.90 Å². The number of halogens is 3. The molecular formula is C17H19ClF2N4O. The Labute approximate surface area is 150 Å². The first-order valence-corrected chi connectivity index (χ1v) is 8.05. The molecule has 134 valence electrons. The van der Waals surface area contributed by atoms with Crippen LogP contribution in [0.1, 0.15) is 34.2 Å². The summed E-state index contributed by atoms with van der Waals surface area (Å²) in [5.41, 5.74) is 0.807. The van der Waals surface area contributed by atoms with Crippen LogP contribution in [0.25, 0.3) is 0 Å². The number of fused-ring (bicyclic) bond motifs is 1. The first kappa shape index (κ1) is 17.8. The van der Waals surface area contributed by atoms with Crippen LogP contribution < -0.4 is 5.32 Å². The van der Waals surface area contributed by atoms with Crippen molar-refractivity contribution in [2.24, 2.45) is 11.8 Å². The monoisotopic (exact) mass is 368 g/mol. The highest BCUT2D eigenvalue weighted by molar-refractivity contribution is 5.93. The summed E-state index contributed by atoms with van der Waals surface area (Å²) in [6, 6.07) is 11.0. The van der Waals surface area contributed by atoms with Gasteiger partial charge in [0.15, 0.2) is 5.69 Å². The Morgan fingerprint density at radius 1 is 1.24 bits per heavy atom. The highest BCUT2D eigenvalue weighted by Crippen LogP contribution is 2.43. The number of carbonyl (C=O) groups excluding carboxylic acids is 1. The SMILES string of the molecule is Cl.O=C(c1cc(C(F)F)[nH]n1)N1C[C@@H]2CNC[C@@H]2[C@@H]1c1ccccc1. The van der Waals surface area contributed by atoms with Gasteiger partial charge in [0.1, 0.15) is 5.69 Å². The van der Waals surface area contributed by atoms with E-state index in [1.807, 2.05) is 30.3 Å². The third kappa shape index (κ3) is 3.14. The second kappa shape index (κ2) is 7.09. The van der Waals surface area contributed by atoms with Gasteiger partial charge < -0.3 is 10.2 Å². The molecule has 4 rings (SSSR count). The van der Waals surface area contributed by atoms with Crippen molar-refractivity contribution in [1.82, 2.24) is 20.4 Å². The number of aromatic amines is 1. The highest BCUT2D eigenvalue weighted by atomic mass is 35.5. The largest absolute Gasteiger partial charge is 0.330 e. The average molecular weight is 369 g/mol. The number of rotatable bonds is 3. The van der Waals surface area contributed by atoms with Crippen LogP contribution in [-0.2, 0) is 0 Å². The number of aromatic nitrogens is 2. The van der Waals surface area contributed by atoms with Crippen LogP contribution in [0.15, 0.2) is 36.4 Å². The molecule has 25 heavy (non-hydrogen) atoms. The van der Waals surface area contributed by atoms with Gasteiger partial charge in [-0.15, -0.1) is 12.4 Å². The van der Waals surface area contributed by atoms with E-state index in [1.165, 1.54) is 0 Å². The molecule has 2 N–H and O–H groups in total. The fourth-order valence-corrected chi connectivity index (χ4v) is 3.91. The van der Waals surface area contributed by atoms with E-state index in [0.29, 0.717) is 18.4 Å². The van der Waals surface area contributed by atoms with Crippen molar-refractivity contribution >= 4 is 18.3 Å². The molecule has 8 heteroatoms. The Bertz CT molecular complexity index is 739. The Balaban J connectivity index is 0.00000182. The van der Waals surface area contributed by atoms with E-state index < -0.39 is 6.43 Å². The number of benzene rings is 1. The zero-order chi connectivity index (χ0) is 16.7. The summed E-state index contributed by atoms with van der Waals surface area (Å²) in [6.45, 7) is 2.35. The van der Waals surface area contributed by atoms with Crippen LogP contribution in [0.5, 0.6) is 0 Å². The lowest BCUT2D eigenvalue weighted by atomic mass is 9.89. The Morgan fingerprint density at radius 2 is 2.00 bits per heavy atom. The minimum atomic E-state index is -2.66. The van der Waals surface area contributed by atoms with E-state index >= 15 is 0 Å². The summed E-state index contributed by atoms with van der Waals surface area (Å²) >= 11 is 0. The molecule has 0 saturated carbocycles. The van der Waals surface area contributed by atoms with Crippen molar-refractivity contribution in [2.45, 2.75) is 12.5 Å². The predicted molar refractivity (Wildman–Crippen MR) is 90.9 cm³/mol. The van der Waals surface area contributed by atoms with Crippen LogP contribution in [0.4, 0.5) is 8.78 Å². The summed E-state index contributed by atoms with van der Waals surface area (Å²) in [5, 5.41) is 9.43. The Hall–Kier alpha value is -1.99. The van der Waals surface area contributed by atoms with Crippen molar-refractivity contribution in [2.75, 3.05) is 19.6 Å². The summed E-state index contributed by atoms with van der Waals surface area (Å²) in [4.78, 5) is 14.7. The number of hydrogen-bond donors (Lipinski definition) is 2. The maximum Gasteiger partial charge on any atom is 0.279 e. The first-order valence-electron chi connectivity index (χ1n) is 8.05. The summed E-state index contributed by atoms with van der Waals surface area (Å²) in [5.74, 6) is 0.430. The molecule has 2 aliphatic rings. The van der Waals surface area contributed by atoms with Crippen LogP contribution in [0.3, 0.4) is 0 Å². The van der Waals surface area contributed by atoms with Crippen LogP contribution in [-0.4, -0.2) is 40.6 Å². The number of nitrogens with zero attached hydrogens (tertiary/aromatic N) is 2. The molecule has 0 unspecified atom stereocenters. The second-order valence-corrected chi connectivity index (χ2v) is 6.40. The molecule has 0 radical (unpaired) electrons. The van der Waals surface area contributed by atoms with Gasteiger partial charge in [0.2, 0.25) is 0 Å². The van der Waals surface area contributed by atoms with Gasteiger partial charge in [0.25, 0.3) is 12.3 Å². The molecule has 3 heterocycles. The standard InChI is InChI=1S/C17H18F2N4O.ClH/c18-16(19)13-6-14(22-21-13)17(24)23-9-11-7-20-8-12(11)15(23)10-4-2-1-3-5-10;/h1-6,11-12,15-16,20H,7-9H2,(H,21,22);1H/t11-,12-,15-;/m0./s1. The topological polar surface area (TPSA) is 61.0 Å². The van der Waals surface area contributed by atoms with Gasteiger partial charge in [-0.25, -0.2) is 8.78 Å². The maximum atomic E-state index is 12.9. The van der Waals surface area contributed by atoms with Gasteiger partial charge in [0, 0.05) is 25.6 Å². The van der Waals surface area contributed by atoms with E-state index in [4.69, 9.17) is 0 Å². The quantitative estimate of drug-likeness (QED) is 0.875. The van der Waals surface area contributed by atoms with Crippen molar-refractivity contribution < 1.29 is 13.6 Å². The van der Waals surface area contributed by atoms with Crippen LogP contribution >= 0.6 is 12.4 Å². The zero-order valence-corrected chi connectivity index (χ0v) is 14.2. The summed E-state index contributed by atoms with van der Waals surface area (Å²) in [7, 11) is 0. The van der Waals surface area contributed by atoms with E-state index in [-0.39, 0.29) is 35.7 Å². The third-order valence-corrected chi connectivity index (χ3v) is 5.02. The molecule has 1 aromatic carbocycles. The molecule has 1 amide bonds. The normalized spacial score (nSPS) is 25.1. The van der Waals surface area contributed by atoms with Gasteiger partial charge in [-0.3, -0.25) is 9.89 Å².